The minimum atomic E-state index is -0.866. The van der Waals surface area contributed by atoms with Crippen LogP contribution in [0.5, 0.6) is 0 Å². The highest BCUT2D eigenvalue weighted by Gasteiger charge is 2.14. The first-order valence-corrected chi connectivity index (χ1v) is 49.6. The number of likely N-dealkylation sites (tertiary alicyclic amines) is 3. The van der Waals surface area contributed by atoms with Crippen molar-refractivity contribution in [2.24, 2.45) is 52.3 Å². The van der Waals surface area contributed by atoms with Crippen molar-refractivity contribution in [2.45, 2.75) is 236 Å². The standard InChI is InChI=1S/2C9H19N.C8H17N3.C8H14N2.C8H17NO.C8H17N.C7H16N4.C7H12N2O.C7H8.C6H14N4.2C5H12N2O.C5H6S.C4H10N4O3/c2*1-2-3-7-10-8-5-4-6-9-10;1-9-6-7-11(2)8-4-3-5-10-8;1-3-4-5-6-8(2)10-7-9;1-2-3-4-9-5-7-10-8-6-9;1-2-3-6-9-7-4-5-8-9;1-8-5-6-11(2)7-9-3-4-10-7;1-7(9-6-8)4-3-5-10-2;1-7-5-3-2-4-6-7;1-7-2-3-8-6-9-4-5-10-6;1-5(6)7-3-4-8-2;1-8-4-2-3-5(6)7;1-5-3-2-4-6-5;1-11-3-2-6-4(5)7-8(9)10/h2*2-9H2,1H3;9H,3-7H2,1-2H3;3-6H2,1-2H3;2-8H2,1H3;2-8H2,1H3;8H,3-6H2,1-2H3,(H,9,10);3-5H2,1-2H3;2-6H,1H3;7H,2-5H2,1H3,(H2,8,9,10);3-4H2,1-2H3,(H2,6,7);2-4H2,1H3,(H3,6,7);2-4H,1H3;2-3H2,1H3,(H3,5,6,7). The molecule has 7 aliphatic rings. The second-order valence-corrected chi connectivity index (χ2v) is 33.3. The molecular formula is C96H193N27O7S. The molecule has 35 heteroatoms. The maximum absolute atomic E-state index is 9.71. The molecule has 131 heavy (non-hydrogen) atoms. The zero-order chi connectivity index (χ0) is 98.3. The Hall–Kier alpha value is -7.62. The van der Waals surface area contributed by atoms with Crippen molar-refractivity contribution >= 4 is 58.1 Å². The lowest BCUT2D eigenvalue weighted by molar-refractivity contribution is -0.485. The van der Waals surface area contributed by atoms with Gasteiger partial charge in [0.05, 0.1) is 63.6 Å². The van der Waals surface area contributed by atoms with Crippen molar-refractivity contribution in [3.63, 3.8) is 0 Å². The SMILES string of the molecule is CCCCCC(C)=NC#N.CCCCN1CCCC1.CCCCN1CCCCC1.CCCCN1CCCCC1.CCCCN1CCOCC1.CNCCN(C)C1=NCCC1.CNCCN(C)C1=NCCN1.CNCCNC1=NCCN1.COCCCC(=N)N.COCCCC(C)=NC#N.COCCN/C(N)=N/[N+](=O)[O-].COCCN=C(C)N.Cc1ccccc1.Cc1cccs1. The van der Waals surface area contributed by atoms with Gasteiger partial charge in [-0.05, 0) is 235 Å². The first kappa shape index (κ1) is 132. The molecule has 8 heterocycles. The van der Waals surface area contributed by atoms with Crippen LogP contribution in [0.3, 0.4) is 0 Å². The van der Waals surface area contributed by atoms with Crippen molar-refractivity contribution in [2.75, 3.05) is 267 Å². The lowest BCUT2D eigenvalue weighted by Crippen LogP contribution is -2.39. The lowest BCUT2D eigenvalue weighted by Gasteiger charge is -2.26. The third-order valence-corrected chi connectivity index (χ3v) is 20.7. The second-order valence-electron chi connectivity index (χ2n) is 32.1. The van der Waals surface area contributed by atoms with Gasteiger partial charge in [-0.2, -0.15) is 20.5 Å². The van der Waals surface area contributed by atoms with Gasteiger partial charge in [0.25, 0.3) is 5.96 Å². The number of hydrazone groups is 1. The summed E-state index contributed by atoms with van der Waals surface area (Å²) in [7, 11) is 16.5. The van der Waals surface area contributed by atoms with E-state index < -0.39 is 5.03 Å². The molecule has 14 N–H and O–H groups in total. The Balaban J connectivity index is -0.000000436. The van der Waals surface area contributed by atoms with Crippen LogP contribution in [0.25, 0.3) is 0 Å². The zero-order valence-corrected chi connectivity index (χ0v) is 86.9. The van der Waals surface area contributed by atoms with Gasteiger partial charge in [-0.15, -0.1) is 11.3 Å². The van der Waals surface area contributed by atoms with Crippen LogP contribution < -0.4 is 54.4 Å². The molecule has 0 unspecified atom stereocenters. The Morgan fingerprint density at radius 3 is 1.40 bits per heavy atom. The van der Waals surface area contributed by atoms with E-state index in [0.717, 1.165) is 160 Å². The largest absolute Gasteiger partial charge is 0.388 e. The maximum atomic E-state index is 9.71. The van der Waals surface area contributed by atoms with E-state index in [0.29, 0.717) is 45.2 Å². The zero-order valence-electron chi connectivity index (χ0n) is 86.1. The van der Waals surface area contributed by atoms with Crippen molar-refractivity contribution in [1.29, 1.82) is 15.9 Å². The third-order valence-electron chi connectivity index (χ3n) is 19.9. The summed E-state index contributed by atoms with van der Waals surface area (Å²) in [6, 6.07) is 14.4. The first-order valence-electron chi connectivity index (χ1n) is 48.8. The number of amidine groups is 3. The monoisotopic (exact) mass is 1870 g/mol. The fourth-order valence-corrected chi connectivity index (χ4v) is 12.8. The number of hydrogen-bond acceptors (Lipinski definition) is 29. The lowest BCUT2D eigenvalue weighted by atomic mass is 10.1. The van der Waals surface area contributed by atoms with E-state index in [1.807, 2.05) is 53.2 Å². The molecule has 7 aliphatic heterocycles. The number of methoxy groups -OCH3 is 4. The number of benzene rings is 1. The summed E-state index contributed by atoms with van der Waals surface area (Å²) in [5.41, 5.74) is 18.5. The number of aryl methyl sites for hydroxylation is 2. The van der Waals surface area contributed by atoms with Gasteiger partial charge in [-0.1, -0.05) is 128 Å². The molecule has 0 atom stereocenters. The number of piperidine rings is 2. The van der Waals surface area contributed by atoms with Gasteiger partial charge >= 0.3 is 0 Å². The molecule has 2 aromatic rings. The number of morpholine rings is 1. The molecule has 0 bridgehead atoms. The summed E-state index contributed by atoms with van der Waals surface area (Å²) in [5, 5.41) is 58.0. The number of nitrogens with one attached hydrogen (secondary N) is 8. The summed E-state index contributed by atoms with van der Waals surface area (Å²) in [4.78, 5) is 49.7. The molecule has 1 aromatic heterocycles. The molecule has 760 valence electrons. The number of nitrogens with zero attached hydrogens (tertiary/aromatic N) is 16. The van der Waals surface area contributed by atoms with Crippen LogP contribution in [0, 0.1) is 52.3 Å². The Kier molecular flexibility index (Phi) is 107. The van der Waals surface area contributed by atoms with Crippen LogP contribution in [0.4, 0.5) is 0 Å². The molecule has 9 rings (SSSR count). The van der Waals surface area contributed by atoms with Gasteiger partial charge in [0.2, 0.25) is 12.4 Å². The minimum absolute atomic E-state index is 0.216. The van der Waals surface area contributed by atoms with Crippen molar-refractivity contribution in [1.82, 2.24) is 66.6 Å². The second kappa shape index (κ2) is 106. The van der Waals surface area contributed by atoms with Crippen LogP contribution in [-0.2, 0) is 23.7 Å². The van der Waals surface area contributed by atoms with E-state index in [1.54, 1.807) is 52.0 Å². The van der Waals surface area contributed by atoms with E-state index in [-0.39, 0.29) is 11.8 Å². The van der Waals surface area contributed by atoms with E-state index >= 15 is 0 Å². The van der Waals surface area contributed by atoms with Crippen LogP contribution >= 0.6 is 11.3 Å². The fourth-order valence-electron chi connectivity index (χ4n) is 12.2. The summed E-state index contributed by atoms with van der Waals surface area (Å²) in [6.45, 7) is 52.9. The minimum Gasteiger partial charge on any atom is -0.388 e. The summed E-state index contributed by atoms with van der Waals surface area (Å²) < 4.78 is 24.2. The number of ether oxygens (including phenoxy) is 5. The molecule has 0 amide bonds. The van der Waals surface area contributed by atoms with Crippen molar-refractivity contribution in [3.8, 4) is 12.4 Å². The third kappa shape index (κ3) is 103. The predicted molar refractivity (Wildman–Crippen MR) is 559 cm³/mol. The van der Waals surface area contributed by atoms with Crippen LogP contribution in [0.2, 0.25) is 0 Å². The number of aliphatic imine (C=N–C) groups is 6. The topological polar surface area (TPSA) is 429 Å². The van der Waals surface area contributed by atoms with Gasteiger partial charge in [0.1, 0.15) is 5.10 Å². The van der Waals surface area contributed by atoms with Gasteiger partial charge in [0.15, 0.2) is 17.0 Å². The molecule has 34 nitrogen and oxygen atoms in total. The van der Waals surface area contributed by atoms with Gasteiger partial charge in [0, 0.05) is 163 Å². The molecule has 4 fully saturated rings. The smallest absolute Gasteiger partial charge is 0.266 e. The van der Waals surface area contributed by atoms with Gasteiger partial charge in [-0.3, -0.25) is 30.3 Å². The summed E-state index contributed by atoms with van der Waals surface area (Å²) in [5.74, 6) is 3.88. The number of unbranched alkanes of at least 4 members (excludes halogenated alkanes) is 6. The van der Waals surface area contributed by atoms with E-state index in [2.05, 4.69) is 199 Å². The maximum Gasteiger partial charge on any atom is 0.266 e. The highest BCUT2D eigenvalue weighted by Crippen LogP contribution is 2.12. The van der Waals surface area contributed by atoms with Gasteiger partial charge in [-0.25, -0.2) is 10.1 Å². The van der Waals surface area contributed by atoms with Crippen molar-refractivity contribution < 1.29 is 28.7 Å². The summed E-state index contributed by atoms with van der Waals surface area (Å²) in [6.07, 6.45) is 36.2. The van der Waals surface area contributed by atoms with Crippen molar-refractivity contribution in [3.05, 3.63) is 68.4 Å². The number of likely N-dealkylation sites (N-methyl/N-ethyl adjacent to an activating group) is 5. The molecule has 0 spiro atoms. The average Bonchev–Trinajstić information content (AvgIpc) is 1.81. The quantitative estimate of drug-likeness (QED) is 0.00737. The number of guanidine groups is 3. The summed E-state index contributed by atoms with van der Waals surface area (Å²) >= 11 is 1.78. The molecule has 0 saturated carbocycles. The van der Waals surface area contributed by atoms with Crippen LogP contribution in [-0.4, -0.2) is 348 Å². The number of thiophene rings is 1. The Bertz CT molecular complexity index is 2960. The van der Waals surface area contributed by atoms with E-state index in [4.69, 9.17) is 52.1 Å². The molecule has 0 aliphatic carbocycles. The molecule has 0 radical (unpaired) electrons. The average molecular weight is 1870 g/mol. The molecule has 1 aromatic carbocycles. The number of rotatable bonds is 40. The Morgan fingerprint density at radius 1 is 0.565 bits per heavy atom. The molecule has 4 saturated heterocycles. The number of nitro groups is 1. The highest BCUT2D eigenvalue weighted by atomic mass is 32.1. The fraction of sp³-hybridized carbons (Fsp3) is 0.792. The predicted octanol–water partition coefficient (Wildman–Crippen LogP) is 12.7. The van der Waals surface area contributed by atoms with Gasteiger partial charge < -0.3 is 103 Å². The van der Waals surface area contributed by atoms with Crippen LogP contribution in [0.15, 0.2) is 82.9 Å². The number of nitrogens with two attached hydrogens (primary N) is 3. The van der Waals surface area contributed by atoms with Crippen LogP contribution in [0.1, 0.15) is 233 Å². The number of nitriles is 2. The Labute approximate surface area is 801 Å². The molecular weight excluding hydrogens is 1680 g/mol. The van der Waals surface area contributed by atoms with E-state index in [1.165, 1.54) is 217 Å². The van der Waals surface area contributed by atoms with E-state index in [9.17, 15) is 10.1 Å². The highest BCUT2D eigenvalue weighted by molar-refractivity contribution is 7.09. The normalized spacial score (nSPS) is 15.1. The Morgan fingerprint density at radius 2 is 1.03 bits per heavy atom. The number of hydrogen-bond donors (Lipinski definition) is 11. The first-order chi connectivity index (χ1) is 63.5.